The molecule has 2 rings (SSSR count). The zero-order valence-electron chi connectivity index (χ0n) is 12.0. The topological polar surface area (TPSA) is 86.8 Å². The minimum absolute atomic E-state index is 0.124. The fourth-order valence-electron chi connectivity index (χ4n) is 1.47. The standard InChI is InChI=1S/C12H18N6OS/c1-12(2,3)9-14-10(20-17-9)15-11(19)18(4)7-8-5-6-13-16-8/h5-6H,7H2,1-4H3,(H,13,16)(H,14,15,17,19). The molecule has 2 N–H and O–H groups in total. The Morgan fingerprint density at radius 3 is 2.80 bits per heavy atom. The maximum Gasteiger partial charge on any atom is 0.323 e. The zero-order chi connectivity index (χ0) is 14.8. The van der Waals surface area contributed by atoms with E-state index >= 15 is 0 Å². The zero-order valence-corrected chi connectivity index (χ0v) is 12.8. The van der Waals surface area contributed by atoms with E-state index < -0.39 is 0 Å². The third-order valence-corrected chi connectivity index (χ3v) is 3.25. The number of hydrogen-bond acceptors (Lipinski definition) is 5. The Kier molecular flexibility index (Phi) is 4.03. The summed E-state index contributed by atoms with van der Waals surface area (Å²) >= 11 is 1.19. The molecule has 0 aliphatic heterocycles. The van der Waals surface area contributed by atoms with Crippen molar-refractivity contribution in [2.75, 3.05) is 12.4 Å². The SMILES string of the molecule is CN(Cc1ccn[nH]1)C(=O)Nc1nc(C(C)(C)C)ns1. The molecular formula is C12H18N6OS. The van der Waals surface area contributed by atoms with Gasteiger partial charge in [-0.2, -0.15) is 9.47 Å². The Morgan fingerprint density at radius 2 is 2.25 bits per heavy atom. The van der Waals surface area contributed by atoms with E-state index in [4.69, 9.17) is 0 Å². The average Bonchev–Trinajstić information content (AvgIpc) is 2.98. The Labute approximate surface area is 121 Å². The number of carbonyl (C=O) groups is 1. The van der Waals surface area contributed by atoms with E-state index in [1.165, 1.54) is 11.5 Å². The van der Waals surface area contributed by atoms with Gasteiger partial charge in [0.25, 0.3) is 0 Å². The summed E-state index contributed by atoms with van der Waals surface area (Å²) < 4.78 is 4.26. The van der Waals surface area contributed by atoms with Gasteiger partial charge in [-0.25, -0.2) is 9.78 Å². The van der Waals surface area contributed by atoms with Crippen LogP contribution in [0.2, 0.25) is 0 Å². The molecule has 0 spiro atoms. The van der Waals surface area contributed by atoms with Gasteiger partial charge in [0.2, 0.25) is 5.13 Å². The number of nitrogens with zero attached hydrogens (tertiary/aromatic N) is 4. The molecule has 0 aliphatic rings. The summed E-state index contributed by atoms with van der Waals surface area (Å²) in [4.78, 5) is 17.9. The van der Waals surface area contributed by atoms with Gasteiger partial charge in [-0.1, -0.05) is 20.8 Å². The largest absolute Gasteiger partial charge is 0.323 e. The number of aromatic nitrogens is 4. The van der Waals surface area contributed by atoms with Crippen LogP contribution < -0.4 is 5.32 Å². The molecule has 7 nitrogen and oxygen atoms in total. The molecule has 2 aromatic rings. The maximum atomic E-state index is 12.0. The number of anilines is 1. The van der Waals surface area contributed by atoms with E-state index in [2.05, 4.69) is 24.9 Å². The Hall–Kier alpha value is -1.96. The molecule has 0 bridgehead atoms. The predicted molar refractivity (Wildman–Crippen MR) is 77.7 cm³/mol. The van der Waals surface area contributed by atoms with E-state index in [0.717, 1.165) is 11.5 Å². The van der Waals surface area contributed by atoms with Crippen molar-refractivity contribution in [1.82, 2.24) is 24.5 Å². The summed E-state index contributed by atoms with van der Waals surface area (Å²) in [6, 6.07) is 1.60. The lowest BCUT2D eigenvalue weighted by molar-refractivity contribution is 0.220. The molecule has 2 heterocycles. The van der Waals surface area contributed by atoms with E-state index in [1.54, 1.807) is 18.1 Å². The van der Waals surface area contributed by atoms with E-state index in [1.807, 2.05) is 26.8 Å². The molecule has 0 unspecified atom stereocenters. The van der Waals surface area contributed by atoms with Gasteiger partial charge in [0, 0.05) is 30.2 Å². The molecule has 2 amide bonds. The van der Waals surface area contributed by atoms with Crippen molar-refractivity contribution in [3.63, 3.8) is 0 Å². The molecule has 8 heteroatoms. The third-order valence-electron chi connectivity index (χ3n) is 2.62. The number of carbonyl (C=O) groups excluding carboxylic acids is 1. The predicted octanol–water partition coefficient (Wildman–Crippen LogP) is 2.22. The molecule has 0 saturated carbocycles. The van der Waals surface area contributed by atoms with E-state index in [9.17, 15) is 4.79 Å². The minimum Gasteiger partial charge on any atom is -0.322 e. The van der Waals surface area contributed by atoms with Crippen molar-refractivity contribution in [3.8, 4) is 0 Å². The van der Waals surface area contributed by atoms with Crippen molar-refractivity contribution < 1.29 is 4.79 Å². The molecule has 0 fully saturated rings. The molecule has 108 valence electrons. The highest BCUT2D eigenvalue weighted by atomic mass is 32.1. The number of aromatic amines is 1. The summed E-state index contributed by atoms with van der Waals surface area (Å²) in [5.74, 6) is 0.731. The number of rotatable bonds is 3. The van der Waals surface area contributed by atoms with Gasteiger partial charge in [-0.05, 0) is 6.07 Å². The number of urea groups is 1. The number of amides is 2. The lowest BCUT2D eigenvalue weighted by atomic mass is 9.96. The van der Waals surface area contributed by atoms with Crippen LogP contribution in [0.15, 0.2) is 12.3 Å². The first-order chi connectivity index (χ1) is 9.36. The maximum absolute atomic E-state index is 12.0. The van der Waals surface area contributed by atoms with Crippen LogP contribution in [0.25, 0.3) is 0 Å². The van der Waals surface area contributed by atoms with Gasteiger partial charge in [-0.15, -0.1) is 0 Å². The minimum atomic E-state index is -0.226. The highest BCUT2D eigenvalue weighted by molar-refractivity contribution is 7.09. The first-order valence-corrected chi connectivity index (χ1v) is 6.98. The van der Waals surface area contributed by atoms with Crippen LogP contribution in [-0.2, 0) is 12.0 Å². The summed E-state index contributed by atoms with van der Waals surface area (Å²) in [6.07, 6.45) is 1.65. The molecule has 2 aromatic heterocycles. The summed E-state index contributed by atoms with van der Waals surface area (Å²) in [5, 5.41) is 9.91. The summed E-state index contributed by atoms with van der Waals surface area (Å²) in [6.45, 7) is 6.55. The fourth-order valence-corrected chi connectivity index (χ4v) is 2.21. The average molecular weight is 294 g/mol. The molecule has 20 heavy (non-hydrogen) atoms. The molecule has 0 aromatic carbocycles. The van der Waals surface area contributed by atoms with Gasteiger partial charge >= 0.3 is 6.03 Å². The van der Waals surface area contributed by atoms with Gasteiger partial charge in [0.1, 0.15) is 5.82 Å². The Balaban J connectivity index is 1.95. The van der Waals surface area contributed by atoms with Crippen LogP contribution in [-0.4, -0.2) is 37.5 Å². The van der Waals surface area contributed by atoms with Crippen LogP contribution in [0, 0.1) is 0 Å². The quantitative estimate of drug-likeness (QED) is 0.908. The smallest absolute Gasteiger partial charge is 0.322 e. The summed E-state index contributed by atoms with van der Waals surface area (Å²) in [7, 11) is 1.71. The molecule has 0 atom stereocenters. The lowest BCUT2D eigenvalue weighted by Crippen LogP contribution is -2.31. The second kappa shape index (κ2) is 5.58. The first-order valence-electron chi connectivity index (χ1n) is 6.21. The second-order valence-corrected chi connectivity index (χ2v) is 6.29. The van der Waals surface area contributed by atoms with Gasteiger partial charge in [0.15, 0.2) is 0 Å². The lowest BCUT2D eigenvalue weighted by Gasteiger charge is -2.15. The fraction of sp³-hybridized carbons (Fsp3) is 0.500. The van der Waals surface area contributed by atoms with E-state index in [-0.39, 0.29) is 11.4 Å². The van der Waals surface area contributed by atoms with Crippen molar-refractivity contribution in [3.05, 3.63) is 23.8 Å². The van der Waals surface area contributed by atoms with Gasteiger partial charge < -0.3 is 4.90 Å². The van der Waals surface area contributed by atoms with Crippen LogP contribution >= 0.6 is 11.5 Å². The van der Waals surface area contributed by atoms with Gasteiger partial charge in [0.05, 0.1) is 12.2 Å². The van der Waals surface area contributed by atoms with Crippen LogP contribution in [0.1, 0.15) is 32.3 Å². The van der Waals surface area contributed by atoms with Crippen molar-refractivity contribution in [2.24, 2.45) is 0 Å². The first kappa shape index (κ1) is 14.4. The Bertz CT molecular complexity index is 571. The number of H-pyrrole nitrogens is 1. The van der Waals surface area contributed by atoms with Crippen molar-refractivity contribution in [1.29, 1.82) is 0 Å². The van der Waals surface area contributed by atoms with Crippen LogP contribution in [0.4, 0.5) is 9.93 Å². The monoisotopic (exact) mass is 294 g/mol. The van der Waals surface area contributed by atoms with Crippen LogP contribution in [0.5, 0.6) is 0 Å². The van der Waals surface area contributed by atoms with Crippen molar-refractivity contribution >= 4 is 22.7 Å². The number of hydrogen-bond donors (Lipinski definition) is 2. The van der Waals surface area contributed by atoms with Gasteiger partial charge in [-0.3, -0.25) is 10.4 Å². The number of nitrogens with one attached hydrogen (secondary N) is 2. The Morgan fingerprint density at radius 1 is 1.50 bits per heavy atom. The molecule has 0 radical (unpaired) electrons. The highest BCUT2D eigenvalue weighted by Gasteiger charge is 2.20. The van der Waals surface area contributed by atoms with Crippen LogP contribution in [0.3, 0.4) is 0 Å². The molecular weight excluding hydrogens is 276 g/mol. The van der Waals surface area contributed by atoms with E-state index in [0.29, 0.717) is 11.7 Å². The second-order valence-electron chi connectivity index (χ2n) is 5.54. The summed E-state index contributed by atoms with van der Waals surface area (Å²) in [5.41, 5.74) is 0.747. The molecule has 0 saturated heterocycles. The third kappa shape index (κ3) is 3.53. The molecule has 0 aliphatic carbocycles. The highest BCUT2D eigenvalue weighted by Crippen LogP contribution is 2.23. The normalized spacial score (nSPS) is 11.4. The van der Waals surface area contributed by atoms with Crippen molar-refractivity contribution in [2.45, 2.75) is 32.7 Å².